The van der Waals surface area contributed by atoms with E-state index in [2.05, 4.69) is 0 Å². The Morgan fingerprint density at radius 1 is 0.711 bits per heavy atom. The topological polar surface area (TPSA) is 127 Å². The van der Waals surface area contributed by atoms with Gasteiger partial charge in [-0.3, -0.25) is 9.59 Å². The number of nitrogens with two attached hydrogens (primary N) is 2. The van der Waals surface area contributed by atoms with Gasteiger partial charge in [-0.25, -0.2) is 0 Å². The first-order valence-corrected chi connectivity index (χ1v) is 15.5. The van der Waals surface area contributed by atoms with E-state index in [4.69, 9.17) is 11.5 Å². The van der Waals surface area contributed by atoms with Crippen LogP contribution in [-0.2, 0) is 22.4 Å². The molecule has 0 aliphatic carbocycles. The molecule has 0 fully saturated rings. The normalized spacial score (nSPS) is 13.0. The Morgan fingerprint density at radius 2 is 1.24 bits per heavy atom. The molecule has 5 aromatic heterocycles. The maximum Gasteiger partial charge on any atom is 0.320 e. The fourth-order valence-electron chi connectivity index (χ4n) is 3.92. The number of hydrogen-bond donors (Lipinski definition) is 4. The fraction of sp³-hybridized carbons (Fsp3) is 0.154. The molecule has 0 aromatic carbocycles. The van der Waals surface area contributed by atoms with Crippen LogP contribution in [0.2, 0.25) is 0 Å². The minimum atomic E-state index is -1.09. The molecule has 0 radical (unpaired) electrons. The average Bonchev–Trinajstić information content (AvgIpc) is 3.68. The second kappa shape index (κ2) is 11.2. The molecule has 0 bridgehead atoms. The minimum absolute atomic E-state index is 0.141. The zero-order valence-electron chi connectivity index (χ0n) is 19.5. The van der Waals surface area contributed by atoms with Crippen molar-refractivity contribution in [1.29, 1.82) is 0 Å². The van der Waals surface area contributed by atoms with Crippen molar-refractivity contribution in [2.24, 2.45) is 11.5 Å². The van der Waals surface area contributed by atoms with Gasteiger partial charge in [-0.05, 0) is 71.8 Å². The molecule has 0 aliphatic rings. The van der Waals surface area contributed by atoms with Gasteiger partial charge in [-0.1, -0.05) is 6.07 Å². The highest BCUT2D eigenvalue weighted by molar-refractivity contribution is 7.29. The summed E-state index contributed by atoms with van der Waals surface area (Å²) in [4.78, 5) is 30.5. The van der Waals surface area contributed by atoms with E-state index in [-0.39, 0.29) is 18.0 Å². The highest BCUT2D eigenvalue weighted by atomic mass is 32.1. The van der Waals surface area contributed by atoms with Crippen LogP contribution in [0.1, 0.15) is 11.1 Å². The van der Waals surface area contributed by atoms with Crippen molar-refractivity contribution in [2.45, 2.75) is 24.9 Å². The van der Waals surface area contributed by atoms with Crippen LogP contribution >= 0.6 is 56.7 Å². The van der Waals surface area contributed by atoms with Gasteiger partial charge in [0.15, 0.2) is 5.13 Å². The molecule has 0 unspecified atom stereocenters. The smallest absolute Gasteiger partial charge is 0.320 e. The third-order valence-corrected chi connectivity index (χ3v) is 11.7. The molecular formula is C26H21FN2O4S5. The summed E-state index contributed by atoms with van der Waals surface area (Å²) < 4.78 is 13.7. The van der Waals surface area contributed by atoms with E-state index in [0.717, 1.165) is 61.5 Å². The van der Waals surface area contributed by atoms with Crippen LogP contribution in [0.3, 0.4) is 0 Å². The molecular weight excluding hydrogens is 584 g/mol. The minimum Gasteiger partial charge on any atom is -0.480 e. The Morgan fingerprint density at radius 3 is 1.68 bits per heavy atom. The van der Waals surface area contributed by atoms with E-state index >= 15 is 0 Å². The Hall–Kier alpha value is -2.71. The summed E-state index contributed by atoms with van der Waals surface area (Å²) >= 11 is 7.26. The largest absolute Gasteiger partial charge is 0.480 e. The van der Waals surface area contributed by atoms with Gasteiger partial charge in [-0.15, -0.1) is 56.7 Å². The lowest BCUT2D eigenvalue weighted by Gasteiger charge is -2.07. The fourth-order valence-corrected chi connectivity index (χ4v) is 9.23. The van der Waals surface area contributed by atoms with Gasteiger partial charge >= 0.3 is 11.9 Å². The first kappa shape index (κ1) is 26.9. The Labute approximate surface area is 237 Å². The molecule has 2 atom stereocenters. The summed E-state index contributed by atoms with van der Waals surface area (Å²) in [5.74, 6) is -2.14. The molecule has 12 heteroatoms. The predicted octanol–water partition coefficient (Wildman–Crippen LogP) is 6.71. The second-order valence-corrected chi connectivity index (χ2v) is 13.6. The summed E-state index contributed by atoms with van der Waals surface area (Å²) in [6.45, 7) is 0. The lowest BCUT2D eigenvalue weighted by Crippen LogP contribution is -2.32. The van der Waals surface area contributed by atoms with Crippen LogP contribution in [0, 0.1) is 5.13 Å². The Kier molecular flexibility index (Phi) is 7.91. The predicted molar refractivity (Wildman–Crippen MR) is 156 cm³/mol. The standard InChI is InChI=1S/C26H21FN2O4S5/c27-22-6-5-17(36-22)21-11-13(9-15(29)26(32)33)24(38-21)19-4-3-18(35-19)23-12(8-14(28)25(30)31)10-20(37-23)16-2-1-7-34-16/h1-7,10-11,14-15H,8-9,28-29H2,(H,30,31)(H,32,33)/t14-,15+/m1/s1. The van der Waals surface area contributed by atoms with Crippen LogP contribution in [-0.4, -0.2) is 34.2 Å². The Balaban J connectivity index is 1.55. The van der Waals surface area contributed by atoms with Crippen molar-refractivity contribution < 1.29 is 24.2 Å². The van der Waals surface area contributed by atoms with E-state index in [0.29, 0.717) is 0 Å². The third kappa shape index (κ3) is 5.66. The summed E-state index contributed by atoms with van der Waals surface area (Å²) in [6.07, 6.45) is 0.341. The number of aliphatic carboxylic acids is 2. The molecule has 0 spiro atoms. The lowest BCUT2D eigenvalue weighted by atomic mass is 10.1. The Bertz CT molecular complexity index is 1600. The number of thiophene rings is 5. The third-order valence-electron chi connectivity index (χ3n) is 5.77. The van der Waals surface area contributed by atoms with Crippen molar-refractivity contribution in [1.82, 2.24) is 0 Å². The average molecular weight is 605 g/mol. The molecule has 0 aliphatic heterocycles. The van der Waals surface area contributed by atoms with Crippen molar-refractivity contribution in [2.75, 3.05) is 0 Å². The van der Waals surface area contributed by atoms with Gasteiger partial charge in [-0.2, -0.15) is 4.39 Å². The first-order valence-electron chi connectivity index (χ1n) is 11.3. The maximum atomic E-state index is 13.7. The quantitative estimate of drug-likeness (QED) is 0.140. The zero-order chi connectivity index (χ0) is 27.0. The molecule has 0 saturated carbocycles. The lowest BCUT2D eigenvalue weighted by molar-refractivity contribution is -0.139. The van der Waals surface area contributed by atoms with Gasteiger partial charge < -0.3 is 21.7 Å². The summed E-state index contributed by atoms with van der Waals surface area (Å²) in [5, 5.41) is 20.5. The van der Waals surface area contributed by atoms with Crippen LogP contribution in [0.4, 0.5) is 4.39 Å². The highest BCUT2D eigenvalue weighted by Gasteiger charge is 2.23. The zero-order valence-corrected chi connectivity index (χ0v) is 23.6. The van der Waals surface area contributed by atoms with Gasteiger partial charge in [0.2, 0.25) is 0 Å². The van der Waals surface area contributed by atoms with Crippen LogP contribution in [0.15, 0.2) is 53.9 Å². The van der Waals surface area contributed by atoms with E-state index in [1.54, 1.807) is 28.7 Å². The van der Waals surface area contributed by atoms with E-state index in [1.807, 2.05) is 41.8 Å². The summed E-state index contributed by atoms with van der Waals surface area (Å²) in [7, 11) is 0. The number of halogens is 1. The molecule has 196 valence electrons. The molecule has 6 nitrogen and oxygen atoms in total. The maximum absolute atomic E-state index is 13.7. The van der Waals surface area contributed by atoms with Crippen molar-refractivity contribution in [3.8, 4) is 39.0 Å². The molecule has 5 aromatic rings. The molecule has 6 N–H and O–H groups in total. The van der Waals surface area contributed by atoms with Gasteiger partial charge in [0, 0.05) is 39.0 Å². The number of carboxylic acids is 2. The van der Waals surface area contributed by atoms with Crippen molar-refractivity contribution in [3.05, 3.63) is 70.2 Å². The number of rotatable bonds is 10. The number of carbonyl (C=O) groups is 2. The van der Waals surface area contributed by atoms with Gasteiger partial charge in [0.05, 0.1) is 0 Å². The highest BCUT2D eigenvalue weighted by Crippen LogP contribution is 2.47. The van der Waals surface area contributed by atoms with Gasteiger partial charge in [0.25, 0.3) is 0 Å². The van der Waals surface area contributed by atoms with E-state index in [1.165, 1.54) is 28.7 Å². The molecule has 5 rings (SSSR count). The van der Waals surface area contributed by atoms with Crippen molar-refractivity contribution in [3.63, 3.8) is 0 Å². The molecule has 38 heavy (non-hydrogen) atoms. The number of hydrogen-bond acceptors (Lipinski definition) is 9. The SMILES string of the molecule is N[C@H](Cc1cc(-c2cccs2)sc1-c1ccc(-c2sc(-c3ccc(F)s3)cc2C[C@H](N)C(=O)O)s1)C(=O)O. The number of carboxylic acid groups (broad SMARTS) is 2. The molecule has 5 heterocycles. The van der Waals surface area contributed by atoms with E-state index < -0.39 is 24.0 Å². The van der Waals surface area contributed by atoms with Crippen LogP contribution in [0.25, 0.3) is 39.0 Å². The van der Waals surface area contributed by atoms with Gasteiger partial charge in [0.1, 0.15) is 12.1 Å². The van der Waals surface area contributed by atoms with Crippen LogP contribution < -0.4 is 11.5 Å². The molecule has 0 saturated heterocycles. The summed E-state index contributed by atoms with van der Waals surface area (Å²) in [5.41, 5.74) is 13.4. The van der Waals surface area contributed by atoms with E-state index in [9.17, 15) is 24.2 Å². The summed E-state index contributed by atoms with van der Waals surface area (Å²) in [6, 6.07) is 12.9. The second-order valence-electron chi connectivity index (χ2n) is 8.47. The monoisotopic (exact) mass is 604 g/mol. The first-order chi connectivity index (χ1) is 18.2. The molecule has 0 amide bonds. The van der Waals surface area contributed by atoms with Crippen LogP contribution in [0.5, 0.6) is 0 Å². The van der Waals surface area contributed by atoms with Crippen molar-refractivity contribution >= 4 is 68.6 Å².